The molecule has 2 rings (SSSR count). The van der Waals surface area contributed by atoms with Crippen molar-refractivity contribution >= 4 is 22.9 Å². The van der Waals surface area contributed by atoms with Gasteiger partial charge in [-0.2, -0.15) is 16.6 Å². The van der Waals surface area contributed by atoms with Crippen LogP contribution in [-0.2, 0) is 6.61 Å². The first kappa shape index (κ1) is 11.0. The number of nitriles is 1. The quantitative estimate of drug-likeness (QED) is 0.828. The highest BCUT2D eigenvalue weighted by Gasteiger charge is 2.02. The summed E-state index contributed by atoms with van der Waals surface area (Å²) in [6.45, 7) is 0.520. The SMILES string of the molecule is N#Cc1ccc(OCc2ccsc2)cc1Cl. The van der Waals surface area contributed by atoms with E-state index in [1.165, 1.54) is 0 Å². The van der Waals surface area contributed by atoms with Crippen molar-refractivity contribution in [1.29, 1.82) is 5.26 Å². The smallest absolute Gasteiger partial charge is 0.121 e. The molecule has 0 unspecified atom stereocenters. The molecule has 0 radical (unpaired) electrons. The molecular formula is C12H8ClNOS. The summed E-state index contributed by atoms with van der Waals surface area (Å²) in [6, 6.07) is 9.08. The van der Waals surface area contributed by atoms with Crippen LogP contribution in [0.3, 0.4) is 0 Å². The van der Waals surface area contributed by atoms with Crippen molar-refractivity contribution in [2.24, 2.45) is 0 Å². The maximum atomic E-state index is 8.72. The number of hydrogen-bond acceptors (Lipinski definition) is 3. The van der Waals surface area contributed by atoms with Gasteiger partial charge in [-0.25, -0.2) is 0 Å². The Morgan fingerprint density at radius 1 is 1.38 bits per heavy atom. The Hall–Kier alpha value is -1.50. The lowest BCUT2D eigenvalue weighted by atomic mass is 10.2. The molecule has 1 heterocycles. The minimum atomic E-state index is 0.422. The molecule has 0 aliphatic rings. The number of rotatable bonds is 3. The predicted octanol–water partition coefficient (Wildman–Crippen LogP) is 3.85. The van der Waals surface area contributed by atoms with Crippen LogP contribution < -0.4 is 4.74 Å². The topological polar surface area (TPSA) is 33.0 Å². The van der Waals surface area contributed by atoms with E-state index in [2.05, 4.69) is 0 Å². The third kappa shape index (κ3) is 2.54. The van der Waals surface area contributed by atoms with E-state index in [-0.39, 0.29) is 0 Å². The molecule has 2 nitrogen and oxygen atoms in total. The standard InChI is InChI=1S/C12H8ClNOS/c13-12-5-11(2-1-10(12)6-14)15-7-9-3-4-16-8-9/h1-5,8H,7H2. The third-order valence-corrected chi connectivity index (χ3v) is 3.09. The molecule has 16 heavy (non-hydrogen) atoms. The van der Waals surface area contributed by atoms with Crippen molar-refractivity contribution in [2.45, 2.75) is 6.61 Å². The first-order valence-electron chi connectivity index (χ1n) is 4.63. The van der Waals surface area contributed by atoms with E-state index in [0.717, 1.165) is 5.56 Å². The lowest BCUT2D eigenvalue weighted by molar-refractivity contribution is 0.307. The molecule has 0 fully saturated rings. The summed E-state index contributed by atoms with van der Waals surface area (Å²) in [6.07, 6.45) is 0. The summed E-state index contributed by atoms with van der Waals surface area (Å²) in [4.78, 5) is 0. The van der Waals surface area contributed by atoms with E-state index in [1.54, 1.807) is 29.5 Å². The monoisotopic (exact) mass is 249 g/mol. The maximum Gasteiger partial charge on any atom is 0.121 e. The number of halogens is 1. The summed E-state index contributed by atoms with van der Waals surface area (Å²) in [5.41, 5.74) is 1.59. The summed E-state index contributed by atoms with van der Waals surface area (Å²) >= 11 is 7.52. The molecule has 1 aromatic heterocycles. The predicted molar refractivity (Wildman–Crippen MR) is 64.8 cm³/mol. The van der Waals surface area contributed by atoms with E-state index < -0.39 is 0 Å². The van der Waals surface area contributed by atoms with Gasteiger partial charge in [0.25, 0.3) is 0 Å². The van der Waals surface area contributed by atoms with Gasteiger partial charge < -0.3 is 4.74 Å². The van der Waals surface area contributed by atoms with Gasteiger partial charge in [0.05, 0.1) is 10.6 Å². The van der Waals surface area contributed by atoms with Crippen LogP contribution in [0.4, 0.5) is 0 Å². The van der Waals surface area contributed by atoms with Crippen LogP contribution in [0.15, 0.2) is 35.0 Å². The lowest BCUT2D eigenvalue weighted by Gasteiger charge is -2.05. The third-order valence-electron chi connectivity index (χ3n) is 2.05. The van der Waals surface area contributed by atoms with Crippen molar-refractivity contribution in [1.82, 2.24) is 0 Å². The molecule has 0 N–H and O–H groups in total. The molecule has 0 amide bonds. The Morgan fingerprint density at radius 3 is 2.88 bits per heavy atom. The molecule has 0 spiro atoms. The fourth-order valence-electron chi connectivity index (χ4n) is 1.22. The molecule has 0 aliphatic carbocycles. The Kier molecular flexibility index (Phi) is 3.45. The first-order valence-corrected chi connectivity index (χ1v) is 5.95. The van der Waals surface area contributed by atoms with E-state index >= 15 is 0 Å². The van der Waals surface area contributed by atoms with Gasteiger partial charge in [0.1, 0.15) is 18.4 Å². The average molecular weight is 250 g/mol. The Balaban J connectivity index is 2.06. The van der Waals surface area contributed by atoms with Crippen LogP contribution in [0.25, 0.3) is 0 Å². The molecule has 2 aromatic rings. The largest absolute Gasteiger partial charge is 0.489 e. The van der Waals surface area contributed by atoms with E-state index in [0.29, 0.717) is 22.9 Å². The molecule has 0 atom stereocenters. The minimum absolute atomic E-state index is 0.422. The van der Waals surface area contributed by atoms with Crippen molar-refractivity contribution < 1.29 is 4.74 Å². The van der Waals surface area contributed by atoms with Crippen LogP contribution in [0, 0.1) is 11.3 Å². The molecule has 0 bridgehead atoms. The second-order valence-corrected chi connectivity index (χ2v) is 4.36. The van der Waals surface area contributed by atoms with Crippen molar-refractivity contribution in [2.75, 3.05) is 0 Å². The van der Waals surface area contributed by atoms with Crippen LogP contribution in [0.2, 0.25) is 5.02 Å². The molecule has 0 saturated heterocycles. The number of ether oxygens (including phenoxy) is 1. The zero-order valence-electron chi connectivity index (χ0n) is 8.31. The van der Waals surface area contributed by atoms with Gasteiger partial charge >= 0.3 is 0 Å². The molecular weight excluding hydrogens is 242 g/mol. The van der Waals surface area contributed by atoms with Crippen molar-refractivity contribution in [3.63, 3.8) is 0 Å². The van der Waals surface area contributed by atoms with Crippen LogP contribution in [0.5, 0.6) is 5.75 Å². The van der Waals surface area contributed by atoms with Gasteiger partial charge in [-0.1, -0.05) is 11.6 Å². The molecule has 4 heteroatoms. The second-order valence-electron chi connectivity index (χ2n) is 3.17. The summed E-state index contributed by atoms with van der Waals surface area (Å²) < 4.78 is 5.54. The number of thiophene rings is 1. The van der Waals surface area contributed by atoms with Crippen LogP contribution in [-0.4, -0.2) is 0 Å². The second kappa shape index (κ2) is 5.02. The average Bonchev–Trinajstić information content (AvgIpc) is 2.79. The molecule has 80 valence electrons. The first-order chi connectivity index (χ1) is 7.79. The molecule has 0 aliphatic heterocycles. The van der Waals surface area contributed by atoms with Crippen molar-refractivity contribution in [3.05, 3.63) is 51.2 Å². The van der Waals surface area contributed by atoms with Crippen molar-refractivity contribution in [3.8, 4) is 11.8 Å². The fourth-order valence-corrected chi connectivity index (χ4v) is 2.08. The highest BCUT2D eigenvalue weighted by Crippen LogP contribution is 2.22. The summed E-state index contributed by atoms with van der Waals surface area (Å²) in [5.74, 6) is 0.676. The Morgan fingerprint density at radius 2 is 2.25 bits per heavy atom. The van der Waals surface area contributed by atoms with Gasteiger partial charge in [0, 0.05) is 6.07 Å². The zero-order chi connectivity index (χ0) is 11.4. The number of hydrogen-bond donors (Lipinski definition) is 0. The van der Waals surface area contributed by atoms with Gasteiger partial charge in [-0.05, 0) is 34.5 Å². The van der Waals surface area contributed by atoms with Gasteiger partial charge in [-0.15, -0.1) is 0 Å². The maximum absolute atomic E-state index is 8.72. The highest BCUT2D eigenvalue weighted by atomic mass is 35.5. The van der Waals surface area contributed by atoms with Gasteiger partial charge in [0.2, 0.25) is 0 Å². The molecule has 0 saturated carbocycles. The van der Waals surface area contributed by atoms with E-state index in [9.17, 15) is 0 Å². The minimum Gasteiger partial charge on any atom is -0.489 e. The fraction of sp³-hybridized carbons (Fsp3) is 0.0833. The van der Waals surface area contributed by atoms with Crippen LogP contribution in [0.1, 0.15) is 11.1 Å². The van der Waals surface area contributed by atoms with E-state index in [1.807, 2.05) is 22.9 Å². The number of benzene rings is 1. The molecule has 1 aromatic carbocycles. The van der Waals surface area contributed by atoms with Gasteiger partial charge in [0.15, 0.2) is 0 Å². The Bertz CT molecular complexity index is 516. The zero-order valence-corrected chi connectivity index (χ0v) is 9.89. The summed E-state index contributed by atoms with van der Waals surface area (Å²) in [7, 11) is 0. The Labute approximate surface area is 103 Å². The lowest BCUT2D eigenvalue weighted by Crippen LogP contribution is -1.93. The van der Waals surface area contributed by atoms with Crippen LogP contribution >= 0.6 is 22.9 Å². The highest BCUT2D eigenvalue weighted by molar-refractivity contribution is 7.07. The normalized spacial score (nSPS) is 9.75. The number of nitrogens with zero attached hydrogens (tertiary/aromatic N) is 1. The summed E-state index contributed by atoms with van der Waals surface area (Å²) in [5, 5.41) is 13.2. The van der Waals surface area contributed by atoms with Gasteiger partial charge in [-0.3, -0.25) is 0 Å². The van der Waals surface area contributed by atoms with E-state index in [4.69, 9.17) is 21.6 Å².